The number of ether oxygens (including phenoxy) is 2. The van der Waals surface area contributed by atoms with Crippen LogP contribution in [-0.4, -0.2) is 49.5 Å². The van der Waals surface area contributed by atoms with Crippen molar-refractivity contribution in [3.63, 3.8) is 0 Å². The highest BCUT2D eigenvalue weighted by Crippen LogP contribution is 2.36. The molecule has 0 saturated carbocycles. The second-order valence-corrected chi connectivity index (χ2v) is 8.95. The molecular formula is C25H26N2O6S. The average Bonchev–Trinajstić information content (AvgIpc) is 3.55. The number of amides is 2. The van der Waals surface area contributed by atoms with Gasteiger partial charge < -0.3 is 24.1 Å². The van der Waals surface area contributed by atoms with Crippen LogP contribution in [0.5, 0.6) is 5.75 Å². The number of furan rings is 1. The number of hydrogen-bond acceptors (Lipinski definition) is 7. The number of benzene rings is 1. The summed E-state index contributed by atoms with van der Waals surface area (Å²) in [5.41, 5.74) is 1.77. The van der Waals surface area contributed by atoms with E-state index in [9.17, 15) is 14.4 Å². The van der Waals surface area contributed by atoms with Gasteiger partial charge in [0.1, 0.15) is 16.9 Å². The number of piperidine rings is 1. The molecule has 9 heteroatoms. The molecule has 178 valence electrons. The maximum Gasteiger partial charge on any atom is 0.350 e. The van der Waals surface area contributed by atoms with Crippen LogP contribution in [0.4, 0.5) is 5.69 Å². The lowest BCUT2D eigenvalue weighted by molar-refractivity contribution is -0.121. The number of thiophene rings is 1. The van der Waals surface area contributed by atoms with Crippen LogP contribution in [-0.2, 0) is 9.53 Å². The summed E-state index contributed by atoms with van der Waals surface area (Å²) in [6.45, 7) is 2.86. The number of nitrogens with zero attached hydrogens (tertiary/aromatic N) is 1. The molecule has 1 N–H and O–H groups in total. The summed E-state index contributed by atoms with van der Waals surface area (Å²) in [5, 5.41) is 2.92. The van der Waals surface area contributed by atoms with E-state index in [1.54, 1.807) is 31.1 Å². The molecule has 0 aliphatic carbocycles. The van der Waals surface area contributed by atoms with Gasteiger partial charge in [-0.1, -0.05) is 0 Å². The average molecular weight is 483 g/mol. The quantitative estimate of drug-likeness (QED) is 0.491. The standard InChI is InChI=1S/C25H26N2O6S/c1-3-33-25(30)22-20(13-21(34-22)16-6-8-19(31-2)9-7-16)26-23(28)17-5-4-11-27(14-17)24(29)18-10-12-32-15-18/h6-10,12-13,15,17H,3-5,11,14H2,1-2H3,(H,26,28). The summed E-state index contributed by atoms with van der Waals surface area (Å²) < 4.78 is 15.4. The lowest BCUT2D eigenvalue weighted by Gasteiger charge is -2.31. The van der Waals surface area contributed by atoms with E-state index < -0.39 is 5.97 Å². The molecule has 0 radical (unpaired) electrons. The summed E-state index contributed by atoms with van der Waals surface area (Å²) in [6, 6.07) is 10.9. The van der Waals surface area contributed by atoms with Gasteiger partial charge in [0.15, 0.2) is 0 Å². The van der Waals surface area contributed by atoms with Crippen molar-refractivity contribution in [2.75, 3.05) is 32.1 Å². The molecule has 2 aromatic heterocycles. The van der Waals surface area contributed by atoms with E-state index in [2.05, 4.69) is 5.32 Å². The topological polar surface area (TPSA) is 98.1 Å². The van der Waals surface area contributed by atoms with Gasteiger partial charge in [0.05, 0.1) is 37.1 Å². The predicted octanol–water partition coefficient (Wildman–Crippen LogP) is 4.68. The Morgan fingerprint density at radius 2 is 2.00 bits per heavy atom. The third kappa shape index (κ3) is 5.14. The van der Waals surface area contributed by atoms with Gasteiger partial charge in [-0.25, -0.2) is 4.79 Å². The van der Waals surface area contributed by atoms with E-state index in [4.69, 9.17) is 13.9 Å². The summed E-state index contributed by atoms with van der Waals surface area (Å²) in [7, 11) is 1.60. The Balaban J connectivity index is 1.53. The van der Waals surface area contributed by atoms with Gasteiger partial charge in [-0.2, -0.15) is 0 Å². The van der Waals surface area contributed by atoms with Crippen molar-refractivity contribution in [3.05, 3.63) is 59.4 Å². The smallest absolute Gasteiger partial charge is 0.350 e. The van der Waals surface area contributed by atoms with E-state index in [0.29, 0.717) is 42.1 Å². The molecule has 3 heterocycles. The molecule has 1 saturated heterocycles. The van der Waals surface area contributed by atoms with Gasteiger partial charge in [0, 0.05) is 18.0 Å². The fourth-order valence-corrected chi connectivity index (χ4v) is 4.92. The SMILES string of the molecule is CCOC(=O)c1sc(-c2ccc(OC)cc2)cc1NC(=O)C1CCCN(C(=O)c2ccoc2)C1. The molecule has 4 rings (SSSR count). The minimum absolute atomic E-state index is 0.157. The first-order chi connectivity index (χ1) is 16.5. The number of carbonyl (C=O) groups is 3. The van der Waals surface area contributed by atoms with Crippen LogP contribution in [0.3, 0.4) is 0 Å². The molecular weight excluding hydrogens is 456 g/mol. The summed E-state index contributed by atoms with van der Waals surface area (Å²) in [6.07, 6.45) is 4.23. The molecule has 8 nitrogen and oxygen atoms in total. The number of likely N-dealkylation sites (tertiary alicyclic amines) is 1. The van der Waals surface area contributed by atoms with Crippen LogP contribution in [0.1, 0.15) is 39.8 Å². The molecule has 0 bridgehead atoms. The van der Waals surface area contributed by atoms with E-state index in [1.165, 1.54) is 23.9 Å². The fourth-order valence-electron chi connectivity index (χ4n) is 3.91. The number of carbonyl (C=O) groups excluding carboxylic acids is 3. The number of anilines is 1. The van der Waals surface area contributed by atoms with Crippen molar-refractivity contribution in [1.82, 2.24) is 4.90 Å². The van der Waals surface area contributed by atoms with E-state index in [1.807, 2.05) is 24.3 Å². The number of rotatable bonds is 7. The van der Waals surface area contributed by atoms with Gasteiger partial charge in [0.2, 0.25) is 5.91 Å². The van der Waals surface area contributed by atoms with Gasteiger partial charge >= 0.3 is 5.97 Å². The normalized spacial score (nSPS) is 15.6. The molecule has 3 aromatic rings. The van der Waals surface area contributed by atoms with Crippen LogP contribution in [0.15, 0.2) is 53.3 Å². The van der Waals surface area contributed by atoms with Crippen LogP contribution >= 0.6 is 11.3 Å². The lowest BCUT2D eigenvalue weighted by Crippen LogP contribution is -2.43. The Morgan fingerprint density at radius 1 is 1.21 bits per heavy atom. The molecule has 1 unspecified atom stereocenters. The van der Waals surface area contributed by atoms with Crippen molar-refractivity contribution < 1.29 is 28.3 Å². The molecule has 1 fully saturated rings. The number of esters is 1. The Kier molecular flexibility index (Phi) is 7.32. The zero-order valence-electron chi connectivity index (χ0n) is 19.0. The molecule has 1 aromatic carbocycles. The monoisotopic (exact) mass is 482 g/mol. The molecule has 34 heavy (non-hydrogen) atoms. The minimum atomic E-state index is -0.483. The fraction of sp³-hybridized carbons (Fsp3) is 0.320. The summed E-state index contributed by atoms with van der Waals surface area (Å²) in [4.78, 5) is 41.2. The third-order valence-electron chi connectivity index (χ3n) is 5.67. The maximum absolute atomic E-state index is 13.2. The highest BCUT2D eigenvalue weighted by atomic mass is 32.1. The molecule has 1 aliphatic heterocycles. The number of nitrogens with one attached hydrogen (secondary N) is 1. The molecule has 0 spiro atoms. The van der Waals surface area contributed by atoms with Crippen molar-refractivity contribution in [2.45, 2.75) is 19.8 Å². The zero-order valence-corrected chi connectivity index (χ0v) is 19.9. The lowest BCUT2D eigenvalue weighted by atomic mass is 9.96. The highest BCUT2D eigenvalue weighted by Gasteiger charge is 2.30. The van der Waals surface area contributed by atoms with Gasteiger partial charge in [-0.15, -0.1) is 11.3 Å². The summed E-state index contributed by atoms with van der Waals surface area (Å²) in [5.74, 6) is -0.525. The van der Waals surface area contributed by atoms with E-state index in [0.717, 1.165) is 16.2 Å². The zero-order chi connectivity index (χ0) is 24.1. The van der Waals surface area contributed by atoms with Crippen LogP contribution < -0.4 is 10.1 Å². The predicted molar refractivity (Wildman–Crippen MR) is 128 cm³/mol. The van der Waals surface area contributed by atoms with Crippen molar-refractivity contribution in [1.29, 1.82) is 0 Å². The Hall–Kier alpha value is -3.59. The van der Waals surface area contributed by atoms with Gasteiger partial charge in [-0.3, -0.25) is 9.59 Å². The first kappa shape index (κ1) is 23.6. The van der Waals surface area contributed by atoms with Gasteiger partial charge in [-0.05, 0) is 61.7 Å². The first-order valence-electron chi connectivity index (χ1n) is 11.1. The second kappa shape index (κ2) is 10.6. The van der Waals surface area contributed by atoms with Crippen LogP contribution in [0.25, 0.3) is 10.4 Å². The van der Waals surface area contributed by atoms with E-state index >= 15 is 0 Å². The molecule has 2 amide bonds. The van der Waals surface area contributed by atoms with Crippen LogP contribution in [0.2, 0.25) is 0 Å². The molecule has 1 atom stereocenters. The summed E-state index contributed by atoms with van der Waals surface area (Å²) >= 11 is 1.26. The number of hydrogen-bond donors (Lipinski definition) is 1. The van der Waals surface area contributed by atoms with Gasteiger partial charge in [0.25, 0.3) is 5.91 Å². The van der Waals surface area contributed by atoms with Crippen molar-refractivity contribution in [3.8, 4) is 16.2 Å². The Bertz CT molecular complexity index is 1150. The second-order valence-electron chi connectivity index (χ2n) is 7.89. The number of methoxy groups -OCH3 is 1. The third-order valence-corrected chi connectivity index (χ3v) is 6.84. The van der Waals surface area contributed by atoms with Crippen molar-refractivity contribution in [2.24, 2.45) is 5.92 Å². The highest BCUT2D eigenvalue weighted by molar-refractivity contribution is 7.18. The Morgan fingerprint density at radius 3 is 2.68 bits per heavy atom. The Labute approximate surface area is 201 Å². The first-order valence-corrected chi connectivity index (χ1v) is 11.9. The maximum atomic E-state index is 13.2. The van der Waals surface area contributed by atoms with Crippen LogP contribution in [0, 0.1) is 5.92 Å². The van der Waals surface area contributed by atoms with E-state index in [-0.39, 0.29) is 24.3 Å². The largest absolute Gasteiger partial charge is 0.497 e. The minimum Gasteiger partial charge on any atom is -0.497 e. The molecule has 1 aliphatic rings. The van der Waals surface area contributed by atoms with Crippen molar-refractivity contribution >= 4 is 34.8 Å².